The molecule has 0 amide bonds. The van der Waals surface area contributed by atoms with E-state index in [2.05, 4.69) is 0 Å². The van der Waals surface area contributed by atoms with E-state index in [1.54, 1.807) is 0 Å². The quantitative estimate of drug-likeness (QED) is 0.305. The van der Waals surface area contributed by atoms with Gasteiger partial charge in [-0.25, -0.2) is 4.39 Å². The van der Waals surface area contributed by atoms with E-state index in [1.165, 1.54) is 0 Å². The van der Waals surface area contributed by atoms with E-state index in [-0.39, 0.29) is 18.9 Å². The van der Waals surface area contributed by atoms with Gasteiger partial charge in [0.1, 0.15) is 6.67 Å². The number of hydrogen-bond acceptors (Lipinski definition) is 2. The Morgan fingerprint density at radius 2 is 1.80 bits per heavy atom. The Labute approximate surface area is 66.9 Å². The fourth-order valence-electron chi connectivity index (χ4n) is 0.182. The summed E-state index contributed by atoms with van der Waals surface area (Å²) >= 11 is 0. The summed E-state index contributed by atoms with van der Waals surface area (Å²) < 4.78 is 33.5. The third-order valence-electron chi connectivity index (χ3n) is 0.608. The van der Waals surface area contributed by atoms with Crippen LogP contribution in [-0.2, 0) is 4.79 Å². The van der Waals surface area contributed by atoms with Gasteiger partial charge in [-0.2, -0.15) is 8.78 Å². The summed E-state index contributed by atoms with van der Waals surface area (Å²) in [6, 6.07) is 0. The van der Waals surface area contributed by atoms with E-state index in [4.69, 9.17) is 0 Å². The number of carboxylic acids is 1. The van der Waals surface area contributed by atoms with Crippen molar-refractivity contribution < 1.29 is 41.9 Å². The second-order valence-corrected chi connectivity index (χ2v) is 1.16. The van der Waals surface area contributed by atoms with Gasteiger partial charge in [0.25, 0.3) is 6.08 Å². The zero-order valence-corrected chi connectivity index (χ0v) is 5.16. The molecule has 0 aliphatic carbocycles. The van der Waals surface area contributed by atoms with Gasteiger partial charge in [0.15, 0.2) is 0 Å². The summed E-state index contributed by atoms with van der Waals surface area (Å²) in [5.74, 6) is -2.17. The number of hydrogen-bond donors (Lipinski definition) is 0. The topological polar surface area (TPSA) is 40.1 Å². The summed E-state index contributed by atoms with van der Waals surface area (Å²) in [7, 11) is 0. The summed E-state index contributed by atoms with van der Waals surface area (Å²) in [6.45, 7) is -1.70. The van der Waals surface area contributed by atoms with Gasteiger partial charge < -0.3 is 9.90 Å². The maximum absolute atomic E-state index is 11.2. The predicted octanol–water partition coefficient (Wildman–Crippen LogP) is -3.14. The molecule has 0 N–H and O–H groups in total. The van der Waals surface area contributed by atoms with Gasteiger partial charge in [-0.15, -0.1) is 0 Å². The molecule has 0 bridgehead atoms. The number of rotatable bonds is 2. The molecule has 0 spiro atoms. The molecule has 2 nitrogen and oxygen atoms in total. The van der Waals surface area contributed by atoms with E-state index in [1.807, 2.05) is 0 Å². The van der Waals surface area contributed by atoms with Crippen molar-refractivity contribution in [1.82, 2.24) is 0 Å². The molecule has 0 unspecified atom stereocenters. The van der Waals surface area contributed by atoms with Crippen molar-refractivity contribution in [3.8, 4) is 0 Å². The van der Waals surface area contributed by atoms with E-state index in [9.17, 15) is 23.1 Å². The molecule has 0 rings (SSSR count). The molecular formula is C4H2F3LiO2. The van der Waals surface area contributed by atoms with Crippen LogP contribution in [0, 0.1) is 0 Å². The fourth-order valence-corrected chi connectivity index (χ4v) is 0.182. The molecule has 0 aromatic heterocycles. The van der Waals surface area contributed by atoms with Crippen LogP contribution in [0.1, 0.15) is 0 Å². The maximum Gasteiger partial charge on any atom is 1.00 e. The zero-order valence-electron chi connectivity index (χ0n) is 5.16. The molecule has 0 saturated heterocycles. The smallest absolute Gasteiger partial charge is 0.545 e. The van der Waals surface area contributed by atoms with Crippen molar-refractivity contribution in [3.63, 3.8) is 0 Å². The molecule has 0 aromatic rings. The van der Waals surface area contributed by atoms with Crippen LogP contribution in [0.3, 0.4) is 0 Å². The molecule has 0 heterocycles. The van der Waals surface area contributed by atoms with Crippen molar-refractivity contribution in [1.29, 1.82) is 0 Å². The van der Waals surface area contributed by atoms with E-state index >= 15 is 0 Å². The Balaban J connectivity index is 0. The van der Waals surface area contributed by atoms with Crippen LogP contribution in [0.5, 0.6) is 0 Å². The first kappa shape index (κ1) is 12.3. The molecule has 0 aliphatic rings. The normalized spacial score (nSPS) is 7.90. The monoisotopic (exact) mass is 146 g/mol. The van der Waals surface area contributed by atoms with Crippen LogP contribution < -0.4 is 24.0 Å². The van der Waals surface area contributed by atoms with Crippen LogP contribution in [0.4, 0.5) is 13.2 Å². The summed E-state index contributed by atoms with van der Waals surface area (Å²) in [5, 5.41) is 9.48. The third kappa shape index (κ3) is 3.59. The van der Waals surface area contributed by atoms with Crippen LogP contribution in [0.15, 0.2) is 11.7 Å². The number of aliphatic carboxylic acids is 1. The van der Waals surface area contributed by atoms with E-state index in [0.29, 0.717) is 0 Å². The molecule has 6 heteroatoms. The fraction of sp³-hybridized carbons (Fsp3) is 0.250. The summed E-state index contributed by atoms with van der Waals surface area (Å²) in [6.07, 6.45) is -2.54. The SMILES string of the molecule is O=C([O-])C(CF)=C(F)F.[Li+]. The van der Waals surface area contributed by atoms with Gasteiger partial charge in [-0.3, -0.25) is 0 Å². The molecule has 0 aliphatic heterocycles. The van der Waals surface area contributed by atoms with Crippen LogP contribution in [-0.4, -0.2) is 12.6 Å². The Morgan fingerprint density at radius 1 is 1.40 bits per heavy atom. The van der Waals surface area contributed by atoms with Crippen LogP contribution >= 0.6 is 0 Å². The zero-order chi connectivity index (χ0) is 7.44. The molecule has 0 atom stereocenters. The average Bonchev–Trinajstić information content (AvgIpc) is 1.64. The standard InChI is InChI=1S/C4H3F3O2.Li/c5-1-2(3(6)7)4(8)9;/h1H2,(H,8,9);/q;+1/p-1. The largest absolute Gasteiger partial charge is 1.00 e. The molecular weight excluding hydrogens is 144 g/mol. The van der Waals surface area contributed by atoms with Crippen molar-refractivity contribution in [3.05, 3.63) is 11.7 Å². The van der Waals surface area contributed by atoms with Crippen molar-refractivity contribution in [2.24, 2.45) is 0 Å². The third-order valence-corrected chi connectivity index (χ3v) is 0.608. The van der Waals surface area contributed by atoms with E-state index < -0.39 is 24.3 Å². The predicted molar refractivity (Wildman–Crippen MR) is 20.2 cm³/mol. The molecule has 0 aromatic carbocycles. The minimum atomic E-state index is -2.54. The van der Waals surface area contributed by atoms with Gasteiger partial charge in [0, 0.05) is 0 Å². The average molecular weight is 146 g/mol. The maximum atomic E-state index is 11.2. The molecule has 0 radical (unpaired) electrons. The minimum Gasteiger partial charge on any atom is -0.545 e. The first-order valence-electron chi connectivity index (χ1n) is 1.91. The van der Waals surface area contributed by atoms with Crippen molar-refractivity contribution in [2.45, 2.75) is 0 Å². The molecule has 0 fully saturated rings. The van der Waals surface area contributed by atoms with Gasteiger partial charge in [-0.1, -0.05) is 0 Å². The number of alkyl halides is 1. The Hall–Kier alpha value is -0.403. The van der Waals surface area contributed by atoms with Gasteiger partial charge in [0.05, 0.1) is 11.5 Å². The van der Waals surface area contributed by atoms with Gasteiger partial charge >= 0.3 is 18.9 Å². The van der Waals surface area contributed by atoms with E-state index in [0.717, 1.165) is 0 Å². The number of carboxylic acid groups (broad SMARTS) is 1. The second-order valence-electron chi connectivity index (χ2n) is 1.16. The molecule has 52 valence electrons. The Bertz CT molecular complexity index is 153. The second kappa shape index (κ2) is 5.39. The van der Waals surface area contributed by atoms with Crippen LogP contribution in [0.25, 0.3) is 0 Å². The van der Waals surface area contributed by atoms with Gasteiger partial charge in [0.2, 0.25) is 0 Å². The van der Waals surface area contributed by atoms with Gasteiger partial charge in [-0.05, 0) is 0 Å². The van der Waals surface area contributed by atoms with Crippen LogP contribution in [0.2, 0.25) is 0 Å². The minimum absolute atomic E-state index is 0. The first-order chi connectivity index (χ1) is 4.09. The Kier molecular flexibility index (Phi) is 6.62. The number of halogens is 3. The summed E-state index contributed by atoms with van der Waals surface area (Å²) in [4.78, 5) is 9.48. The number of carbonyl (C=O) groups excluding carboxylic acids is 1. The molecule has 10 heavy (non-hydrogen) atoms. The van der Waals surface area contributed by atoms with Crippen molar-refractivity contribution >= 4 is 5.97 Å². The first-order valence-corrected chi connectivity index (χ1v) is 1.91. The summed E-state index contributed by atoms with van der Waals surface area (Å²) in [5.41, 5.74) is -1.59. The number of carbonyl (C=O) groups is 1. The van der Waals surface area contributed by atoms with Crippen molar-refractivity contribution in [2.75, 3.05) is 6.67 Å². The molecule has 0 saturated carbocycles. The Morgan fingerprint density at radius 3 is 1.80 bits per heavy atom.